The molecule has 0 unspecified atom stereocenters. The Morgan fingerprint density at radius 1 is 0.556 bits per heavy atom. The number of amides is 1. The molecule has 5 heterocycles. The molecule has 2 aliphatic heterocycles. The summed E-state index contributed by atoms with van der Waals surface area (Å²) in [5, 5.41) is 3.08. The Hall–Kier alpha value is -6.50. The van der Waals surface area contributed by atoms with Crippen molar-refractivity contribution in [3.8, 4) is 0 Å². The van der Waals surface area contributed by atoms with E-state index in [1.807, 2.05) is 70.2 Å². The summed E-state index contributed by atoms with van der Waals surface area (Å²) >= 11 is 0. The van der Waals surface area contributed by atoms with Crippen LogP contribution in [0.4, 0.5) is 5.69 Å². The Balaban J connectivity index is 1.52. The molecule has 332 valence electrons. The van der Waals surface area contributed by atoms with Gasteiger partial charge in [-0.2, -0.15) is 0 Å². The van der Waals surface area contributed by atoms with Gasteiger partial charge in [0.2, 0.25) is 5.91 Å². The Kier molecular flexibility index (Phi) is 15.4. The molecule has 0 saturated heterocycles. The molecule has 8 bridgehead atoms. The van der Waals surface area contributed by atoms with Gasteiger partial charge in [0.15, 0.2) is 0 Å². The van der Waals surface area contributed by atoms with Gasteiger partial charge in [0, 0.05) is 60.0 Å². The molecule has 5 N–H and O–H groups in total. The van der Waals surface area contributed by atoms with Gasteiger partial charge < -0.3 is 35.2 Å². The van der Waals surface area contributed by atoms with Crippen LogP contribution in [0.2, 0.25) is 0 Å². The average molecular weight is 857 g/mol. The number of hydrogen-bond acceptors (Lipinski definition) is 10. The van der Waals surface area contributed by atoms with Crippen LogP contribution in [0.3, 0.4) is 0 Å². The van der Waals surface area contributed by atoms with Crippen molar-refractivity contribution in [2.75, 3.05) is 32.1 Å². The molecule has 6 rings (SSSR count). The van der Waals surface area contributed by atoms with Crippen molar-refractivity contribution in [3.63, 3.8) is 0 Å². The van der Waals surface area contributed by atoms with Crippen molar-refractivity contribution in [1.29, 1.82) is 0 Å². The van der Waals surface area contributed by atoms with Crippen molar-refractivity contribution < 1.29 is 33.4 Å². The lowest BCUT2D eigenvalue weighted by Gasteiger charge is -2.07. The van der Waals surface area contributed by atoms with Crippen LogP contribution >= 0.6 is 0 Å². The molecule has 0 spiro atoms. The smallest absolute Gasteiger partial charge is 0.306 e. The molecule has 0 fully saturated rings. The first-order valence-corrected chi connectivity index (χ1v) is 22.0. The molecule has 1 aromatic carbocycles. The van der Waals surface area contributed by atoms with Gasteiger partial charge >= 0.3 is 17.9 Å². The number of aromatic amines is 2. The molecule has 0 radical (unpaired) electrons. The number of benzene rings is 1. The maximum Gasteiger partial charge on any atom is 0.306 e. The minimum Gasteiger partial charge on any atom is -0.466 e. The van der Waals surface area contributed by atoms with Crippen LogP contribution in [0.5, 0.6) is 0 Å². The summed E-state index contributed by atoms with van der Waals surface area (Å²) < 4.78 is 15.9. The summed E-state index contributed by atoms with van der Waals surface area (Å²) in [6.45, 7) is 14.9. The maximum absolute atomic E-state index is 13.3. The van der Waals surface area contributed by atoms with E-state index in [9.17, 15) is 19.2 Å². The number of rotatable bonds is 18. The van der Waals surface area contributed by atoms with Gasteiger partial charge in [-0.3, -0.25) is 19.2 Å². The number of allylic oxidation sites excluding steroid dienone is 4. The highest BCUT2D eigenvalue weighted by molar-refractivity contribution is 5.96. The predicted octanol–water partition coefficient (Wildman–Crippen LogP) is 8.85. The number of aromatic nitrogens is 4. The molecule has 0 aliphatic carbocycles. The Morgan fingerprint density at radius 3 is 1.46 bits per heavy atom. The fourth-order valence-corrected chi connectivity index (χ4v) is 8.23. The van der Waals surface area contributed by atoms with E-state index in [1.54, 1.807) is 20.8 Å². The number of esters is 3. The number of carbonyl (C=O) groups is 4. The van der Waals surface area contributed by atoms with Crippen molar-refractivity contribution in [2.24, 2.45) is 0 Å². The molecule has 13 heteroatoms. The minimum atomic E-state index is -0.288. The van der Waals surface area contributed by atoms with Gasteiger partial charge in [0.1, 0.15) is 0 Å². The SMILES string of the molecule is CCOC(=O)CCC1=C(C)c2cc3[nH]c(cc4[nH]c(cc5nc(cc1n2)C(CCC(=O)OCC)=C5C)c(C)c4CCC(=O)OCC)c(CCC(=O)NCCc1ccc(N)cc1)c3C. The van der Waals surface area contributed by atoms with E-state index in [2.05, 4.69) is 21.4 Å². The molecule has 1 amide bonds. The van der Waals surface area contributed by atoms with E-state index in [4.69, 9.17) is 29.9 Å². The first-order chi connectivity index (χ1) is 30.3. The van der Waals surface area contributed by atoms with E-state index >= 15 is 0 Å². The standard InChI is InChI=1S/C50H60N6O7/c1-8-61-48(58)20-16-36-30(5)41-26-42-32(7)38(18-22-50(60)63-10-3)46(56-42)28-45-37(17-21-49(59)62-9-2)31(6)40(55-45)25-39-29(4)35(43(53-39)27-44(36)54-41)15-19-47(57)52-24-23-33-11-13-34(51)14-12-33/h11-14,25-28,53-54H,8-10,15-24,51H2,1-7H3,(H,52,57). The van der Waals surface area contributed by atoms with Crippen molar-refractivity contribution in [3.05, 3.63) is 99.1 Å². The van der Waals surface area contributed by atoms with Crippen LogP contribution in [-0.2, 0) is 52.7 Å². The van der Waals surface area contributed by atoms with Crippen molar-refractivity contribution >= 4 is 73.9 Å². The second-order valence-corrected chi connectivity index (χ2v) is 15.9. The van der Waals surface area contributed by atoms with E-state index < -0.39 is 0 Å². The fraction of sp³-hybridized carbons (Fsp3) is 0.400. The molecule has 13 nitrogen and oxygen atoms in total. The summed E-state index contributed by atoms with van der Waals surface area (Å²) in [4.78, 5) is 68.9. The van der Waals surface area contributed by atoms with Crippen molar-refractivity contribution in [1.82, 2.24) is 25.3 Å². The molecular formula is C50H60N6O7. The second kappa shape index (κ2) is 21.0. The van der Waals surface area contributed by atoms with E-state index in [0.717, 1.165) is 83.6 Å². The summed E-state index contributed by atoms with van der Waals surface area (Å²) in [5.41, 5.74) is 21.3. The summed E-state index contributed by atoms with van der Waals surface area (Å²) in [5.74, 6) is -0.906. The molecule has 63 heavy (non-hydrogen) atoms. The van der Waals surface area contributed by atoms with Gasteiger partial charge in [-0.05, 0) is 167 Å². The molecular weight excluding hydrogens is 797 g/mol. The monoisotopic (exact) mass is 856 g/mol. The summed E-state index contributed by atoms with van der Waals surface area (Å²) in [6.07, 6.45) is 3.26. The Morgan fingerprint density at radius 2 is 1.00 bits per heavy atom. The lowest BCUT2D eigenvalue weighted by Crippen LogP contribution is -2.25. The summed E-state index contributed by atoms with van der Waals surface area (Å²) in [7, 11) is 0. The predicted molar refractivity (Wildman–Crippen MR) is 248 cm³/mol. The number of carbonyl (C=O) groups excluding carboxylic acids is 4. The lowest BCUT2D eigenvalue weighted by molar-refractivity contribution is -0.143. The average Bonchev–Trinajstić information content (AvgIpc) is 3.91. The van der Waals surface area contributed by atoms with Gasteiger partial charge in [0.05, 0.1) is 42.6 Å². The Labute approximate surface area is 368 Å². The molecule has 0 saturated carbocycles. The molecule has 4 aromatic rings. The van der Waals surface area contributed by atoms with E-state index in [-0.39, 0.29) is 49.5 Å². The van der Waals surface area contributed by atoms with Crippen LogP contribution in [0.15, 0.2) is 48.5 Å². The van der Waals surface area contributed by atoms with Crippen LogP contribution in [0.1, 0.15) is 124 Å². The third kappa shape index (κ3) is 11.3. The number of fused-ring (bicyclic) bond motifs is 8. The maximum atomic E-state index is 13.3. The van der Waals surface area contributed by atoms with E-state index in [1.165, 1.54) is 0 Å². The normalized spacial score (nSPS) is 12.4. The highest BCUT2D eigenvalue weighted by atomic mass is 16.5. The lowest BCUT2D eigenvalue weighted by atomic mass is 9.98. The number of anilines is 1. The Bertz CT molecular complexity index is 2610. The summed E-state index contributed by atoms with van der Waals surface area (Å²) in [6, 6.07) is 15.7. The van der Waals surface area contributed by atoms with Crippen LogP contribution in [0, 0.1) is 13.8 Å². The van der Waals surface area contributed by atoms with Gasteiger partial charge in [0.25, 0.3) is 0 Å². The number of nitrogens with two attached hydrogens (primary N) is 1. The molecule has 0 atom stereocenters. The number of ether oxygens (including phenoxy) is 3. The zero-order valence-electron chi connectivity index (χ0n) is 37.6. The van der Waals surface area contributed by atoms with Crippen LogP contribution in [-0.4, -0.2) is 70.1 Å². The zero-order chi connectivity index (χ0) is 45.2. The van der Waals surface area contributed by atoms with Crippen LogP contribution < -0.4 is 11.1 Å². The fourth-order valence-electron chi connectivity index (χ4n) is 8.23. The quantitative estimate of drug-likeness (QED) is 0.0427. The first-order valence-electron chi connectivity index (χ1n) is 22.0. The number of nitrogen functional groups attached to an aromatic ring is 1. The van der Waals surface area contributed by atoms with Gasteiger partial charge in [-0.25, -0.2) is 9.97 Å². The second-order valence-electron chi connectivity index (χ2n) is 15.9. The topological polar surface area (TPSA) is 191 Å². The highest BCUT2D eigenvalue weighted by Crippen LogP contribution is 2.38. The van der Waals surface area contributed by atoms with Gasteiger partial charge in [-0.1, -0.05) is 12.1 Å². The number of aryl methyl sites for hydroxylation is 4. The minimum absolute atomic E-state index is 0.0537. The third-order valence-electron chi connectivity index (χ3n) is 11.8. The number of nitrogens with zero attached hydrogens (tertiary/aromatic N) is 2. The van der Waals surface area contributed by atoms with Crippen LogP contribution in [0.25, 0.3) is 44.4 Å². The van der Waals surface area contributed by atoms with E-state index in [0.29, 0.717) is 75.5 Å². The van der Waals surface area contributed by atoms with Crippen molar-refractivity contribution in [2.45, 2.75) is 106 Å². The molecule has 2 aliphatic rings. The number of nitrogens with one attached hydrogen (secondary N) is 3. The highest BCUT2D eigenvalue weighted by Gasteiger charge is 2.24. The number of hydrogen-bond donors (Lipinski definition) is 4. The third-order valence-corrected chi connectivity index (χ3v) is 11.8. The first kappa shape index (κ1) is 46.0. The largest absolute Gasteiger partial charge is 0.466 e. The number of H-pyrrole nitrogens is 2. The van der Waals surface area contributed by atoms with Gasteiger partial charge in [-0.15, -0.1) is 0 Å². The molecule has 3 aromatic heterocycles. The zero-order valence-corrected chi connectivity index (χ0v) is 37.6.